The van der Waals surface area contributed by atoms with Crippen LogP contribution in [0.4, 0.5) is 5.69 Å². The number of carbonyl (C=O) groups excluding carboxylic acids is 6. The summed E-state index contributed by atoms with van der Waals surface area (Å²) in [5.41, 5.74) is 1.74. The third kappa shape index (κ3) is 6.22. The monoisotopic (exact) mass is 513 g/mol. The van der Waals surface area contributed by atoms with Crippen molar-refractivity contribution in [3.63, 3.8) is 0 Å². The van der Waals surface area contributed by atoms with Crippen molar-refractivity contribution >= 4 is 41.3 Å². The summed E-state index contributed by atoms with van der Waals surface area (Å²) in [5, 5.41) is 5.12. The van der Waals surface area contributed by atoms with Crippen LogP contribution in [0.5, 0.6) is 0 Å². The van der Waals surface area contributed by atoms with Gasteiger partial charge in [-0.05, 0) is 37.8 Å². The SMILES string of the molecule is COC(=O)[C@@H](CC1=C(C[C@@H](NC(C)=O)C(=O)OC)CC2C(=O)N(c3ccccc3)C(=O)C2C1)NC(C)=O. The summed E-state index contributed by atoms with van der Waals surface area (Å²) < 4.78 is 9.68. The minimum absolute atomic E-state index is 0.0194. The number of methoxy groups -OCH3 is 2. The third-order valence-electron chi connectivity index (χ3n) is 6.64. The number of para-hydroxylation sites is 1. The maximum Gasteiger partial charge on any atom is 0.328 e. The van der Waals surface area contributed by atoms with Crippen LogP contribution in [-0.2, 0) is 38.2 Å². The predicted molar refractivity (Wildman–Crippen MR) is 131 cm³/mol. The number of benzene rings is 1. The number of imide groups is 1. The van der Waals surface area contributed by atoms with Crippen molar-refractivity contribution in [3.05, 3.63) is 41.5 Å². The zero-order chi connectivity index (χ0) is 27.3. The lowest BCUT2D eigenvalue weighted by molar-refractivity contribution is -0.145. The second-order valence-electron chi connectivity index (χ2n) is 9.14. The molecule has 11 heteroatoms. The number of carbonyl (C=O) groups is 6. The molecule has 0 aromatic heterocycles. The zero-order valence-corrected chi connectivity index (χ0v) is 21.2. The van der Waals surface area contributed by atoms with Gasteiger partial charge in [0.05, 0.1) is 31.7 Å². The van der Waals surface area contributed by atoms with Gasteiger partial charge in [0.1, 0.15) is 12.1 Å². The third-order valence-corrected chi connectivity index (χ3v) is 6.64. The number of ether oxygens (including phenoxy) is 2. The number of fused-ring (bicyclic) bond motifs is 1. The number of hydrogen-bond donors (Lipinski definition) is 2. The Labute approximate surface area is 214 Å². The maximum atomic E-state index is 13.4. The molecule has 1 aliphatic carbocycles. The average molecular weight is 514 g/mol. The molecule has 0 spiro atoms. The van der Waals surface area contributed by atoms with Crippen molar-refractivity contribution in [2.24, 2.45) is 11.8 Å². The van der Waals surface area contributed by atoms with E-state index in [4.69, 9.17) is 9.47 Å². The van der Waals surface area contributed by atoms with Gasteiger partial charge in [-0.2, -0.15) is 0 Å². The van der Waals surface area contributed by atoms with Crippen LogP contribution < -0.4 is 15.5 Å². The molecule has 1 aromatic carbocycles. The van der Waals surface area contributed by atoms with E-state index < -0.39 is 47.7 Å². The van der Waals surface area contributed by atoms with Crippen LogP contribution in [0.3, 0.4) is 0 Å². The summed E-state index contributed by atoms with van der Waals surface area (Å²) >= 11 is 0. The summed E-state index contributed by atoms with van der Waals surface area (Å²) in [6.45, 7) is 2.53. The van der Waals surface area contributed by atoms with E-state index in [0.29, 0.717) is 16.8 Å². The number of esters is 2. The van der Waals surface area contributed by atoms with Gasteiger partial charge in [0, 0.05) is 13.8 Å². The van der Waals surface area contributed by atoms with E-state index in [1.807, 2.05) is 0 Å². The van der Waals surface area contributed by atoms with Gasteiger partial charge in [-0.3, -0.25) is 24.1 Å². The molecule has 1 aromatic rings. The zero-order valence-electron chi connectivity index (χ0n) is 21.2. The lowest BCUT2D eigenvalue weighted by Crippen LogP contribution is -2.43. The molecule has 2 unspecified atom stereocenters. The van der Waals surface area contributed by atoms with Crippen LogP contribution in [-0.4, -0.2) is 61.9 Å². The largest absolute Gasteiger partial charge is 0.467 e. The van der Waals surface area contributed by atoms with E-state index in [2.05, 4.69) is 10.6 Å². The van der Waals surface area contributed by atoms with Crippen LogP contribution in [0.15, 0.2) is 41.5 Å². The van der Waals surface area contributed by atoms with Crippen LogP contribution in [0.1, 0.15) is 39.5 Å². The minimum atomic E-state index is -1.03. The minimum Gasteiger partial charge on any atom is -0.467 e. The van der Waals surface area contributed by atoms with E-state index in [0.717, 1.165) is 0 Å². The number of rotatable bonds is 9. The molecule has 2 N–H and O–H groups in total. The van der Waals surface area contributed by atoms with Crippen LogP contribution >= 0.6 is 0 Å². The number of hydrogen-bond acceptors (Lipinski definition) is 8. The number of nitrogens with one attached hydrogen (secondary N) is 2. The smallest absolute Gasteiger partial charge is 0.328 e. The van der Waals surface area contributed by atoms with E-state index in [-0.39, 0.29) is 37.5 Å². The predicted octanol–water partition coefficient (Wildman–Crippen LogP) is 1.02. The Hall–Kier alpha value is -4.02. The first-order chi connectivity index (χ1) is 17.6. The Morgan fingerprint density at radius 2 is 1.22 bits per heavy atom. The van der Waals surface area contributed by atoms with Gasteiger partial charge in [-0.15, -0.1) is 0 Å². The van der Waals surface area contributed by atoms with Crippen molar-refractivity contribution < 1.29 is 38.2 Å². The van der Waals surface area contributed by atoms with Crippen molar-refractivity contribution in [1.29, 1.82) is 0 Å². The topological polar surface area (TPSA) is 148 Å². The molecule has 1 aliphatic heterocycles. The highest BCUT2D eigenvalue weighted by molar-refractivity contribution is 6.22. The first-order valence-corrected chi connectivity index (χ1v) is 11.9. The molecule has 4 amide bonds. The maximum absolute atomic E-state index is 13.4. The Morgan fingerprint density at radius 3 is 1.57 bits per heavy atom. The Morgan fingerprint density at radius 1 is 0.811 bits per heavy atom. The van der Waals surface area contributed by atoms with Gasteiger partial charge in [0.25, 0.3) is 0 Å². The summed E-state index contributed by atoms with van der Waals surface area (Å²) in [4.78, 5) is 76.2. The van der Waals surface area contributed by atoms with Gasteiger partial charge in [0.2, 0.25) is 23.6 Å². The quantitative estimate of drug-likeness (QED) is 0.282. The molecular formula is C26H31N3O8. The highest BCUT2D eigenvalue weighted by Crippen LogP contribution is 2.44. The molecule has 3 rings (SSSR count). The number of nitrogens with zero attached hydrogens (tertiary/aromatic N) is 1. The first-order valence-electron chi connectivity index (χ1n) is 11.9. The van der Waals surface area contributed by atoms with Gasteiger partial charge >= 0.3 is 11.9 Å². The fourth-order valence-electron chi connectivity index (χ4n) is 5.00. The number of anilines is 1. The standard InChI is InChI=1S/C26H31N3O8/c1-14(30)27-21(25(34)36-3)12-16-10-19-20(11-17(16)13-22(26(35)37-4)28-15(2)31)24(33)29(23(19)32)18-8-6-5-7-9-18/h5-9,19-22H,10-13H2,1-4H3,(H,27,30)(H,28,31)/t19?,20?,21-,22-/m1/s1. The highest BCUT2D eigenvalue weighted by atomic mass is 16.5. The van der Waals surface area contributed by atoms with E-state index in [1.165, 1.54) is 33.0 Å². The van der Waals surface area contributed by atoms with Gasteiger partial charge in [0.15, 0.2) is 0 Å². The van der Waals surface area contributed by atoms with E-state index >= 15 is 0 Å². The fraction of sp³-hybridized carbons (Fsp3) is 0.462. The van der Waals surface area contributed by atoms with Crippen molar-refractivity contribution in [2.45, 2.75) is 51.6 Å². The molecule has 37 heavy (non-hydrogen) atoms. The Kier molecular flexibility index (Phi) is 8.80. The normalized spacial score (nSPS) is 20.6. The molecule has 0 saturated carbocycles. The molecule has 198 valence electrons. The summed E-state index contributed by atoms with van der Waals surface area (Å²) in [5.74, 6) is -4.26. The molecule has 1 heterocycles. The molecule has 11 nitrogen and oxygen atoms in total. The molecule has 0 radical (unpaired) electrons. The van der Waals surface area contributed by atoms with Crippen molar-refractivity contribution in [2.75, 3.05) is 19.1 Å². The molecule has 0 bridgehead atoms. The van der Waals surface area contributed by atoms with Gasteiger partial charge < -0.3 is 20.1 Å². The summed E-state index contributed by atoms with van der Waals surface area (Å²) in [6.07, 6.45) is 0.334. The molecule has 1 fully saturated rings. The van der Waals surface area contributed by atoms with Gasteiger partial charge in [-0.25, -0.2) is 9.59 Å². The van der Waals surface area contributed by atoms with E-state index in [9.17, 15) is 28.8 Å². The lowest BCUT2D eigenvalue weighted by atomic mass is 9.74. The molecule has 2 aliphatic rings. The molecule has 1 saturated heterocycles. The molecule has 4 atom stereocenters. The van der Waals surface area contributed by atoms with Crippen LogP contribution in [0.25, 0.3) is 0 Å². The van der Waals surface area contributed by atoms with E-state index in [1.54, 1.807) is 30.3 Å². The summed E-state index contributed by atoms with van der Waals surface area (Å²) in [6, 6.07) is 6.54. The second kappa shape index (κ2) is 11.8. The first kappa shape index (κ1) is 27.6. The second-order valence-corrected chi connectivity index (χ2v) is 9.14. The van der Waals surface area contributed by atoms with Crippen LogP contribution in [0.2, 0.25) is 0 Å². The Balaban J connectivity index is 2.00. The lowest BCUT2D eigenvalue weighted by Gasteiger charge is -2.30. The highest BCUT2D eigenvalue weighted by Gasteiger charge is 2.51. The van der Waals surface area contributed by atoms with Crippen molar-refractivity contribution in [3.8, 4) is 0 Å². The molecular weight excluding hydrogens is 482 g/mol. The Bertz CT molecular complexity index is 1060. The average Bonchev–Trinajstić information content (AvgIpc) is 3.10. The van der Waals surface area contributed by atoms with Crippen LogP contribution in [0, 0.1) is 11.8 Å². The fourth-order valence-corrected chi connectivity index (χ4v) is 5.00. The number of amides is 4. The van der Waals surface area contributed by atoms with Crippen molar-refractivity contribution in [1.82, 2.24) is 10.6 Å². The van der Waals surface area contributed by atoms with Gasteiger partial charge in [-0.1, -0.05) is 29.3 Å². The summed E-state index contributed by atoms with van der Waals surface area (Å²) in [7, 11) is 2.40.